The van der Waals surface area contributed by atoms with Gasteiger partial charge in [0.05, 0.1) is 10.7 Å². The zero-order valence-electron chi connectivity index (χ0n) is 10.7. The lowest BCUT2D eigenvalue weighted by molar-refractivity contribution is 1.27. The number of thiazole rings is 1. The Morgan fingerprint density at radius 2 is 1.80 bits per heavy atom. The van der Waals surface area contributed by atoms with Crippen molar-refractivity contribution in [1.82, 2.24) is 4.98 Å². The average molecular weight is 226 g/mol. The summed E-state index contributed by atoms with van der Waals surface area (Å²) in [6.45, 7) is 15.4. The van der Waals surface area contributed by atoms with Crippen LogP contribution < -0.4 is 0 Å². The minimum atomic E-state index is 0.903. The van der Waals surface area contributed by atoms with Crippen molar-refractivity contribution in [3.05, 3.63) is 16.8 Å². The number of aromatic nitrogens is 1. The summed E-state index contributed by atoms with van der Waals surface area (Å²) in [6, 6.07) is 0. The summed E-state index contributed by atoms with van der Waals surface area (Å²) in [5, 5.41) is 1.93. The van der Waals surface area contributed by atoms with Crippen LogP contribution in [-0.4, -0.2) is 11.7 Å². The van der Waals surface area contributed by atoms with E-state index in [4.69, 9.17) is 0 Å². The Balaban J connectivity index is 0. The molecule has 15 heavy (non-hydrogen) atoms. The molecule has 0 unspecified atom stereocenters. The smallest absolute Gasteiger partial charge is 0.142 e. The number of rotatable bonds is 2. The molecule has 3 heteroatoms. The van der Waals surface area contributed by atoms with Gasteiger partial charge in [-0.2, -0.15) is 0 Å². The summed E-state index contributed by atoms with van der Waals surface area (Å²) in [4.78, 5) is 8.13. The Morgan fingerprint density at radius 1 is 1.27 bits per heavy atom. The topological polar surface area (TPSA) is 25.2 Å². The van der Waals surface area contributed by atoms with Crippen LogP contribution in [0, 0.1) is 6.92 Å². The van der Waals surface area contributed by atoms with Gasteiger partial charge in [0, 0.05) is 0 Å². The van der Waals surface area contributed by atoms with Crippen molar-refractivity contribution in [2.45, 2.75) is 41.5 Å². The quantitative estimate of drug-likeness (QED) is 0.660. The fourth-order valence-corrected chi connectivity index (χ4v) is 1.52. The van der Waals surface area contributed by atoms with E-state index in [1.54, 1.807) is 11.3 Å². The number of hydrogen-bond donors (Lipinski definition) is 0. The molecule has 1 heterocycles. The second-order valence-electron chi connectivity index (χ2n) is 2.08. The summed E-state index contributed by atoms with van der Waals surface area (Å²) in [5.74, 6) is 0. The second kappa shape index (κ2) is 11.1. The van der Waals surface area contributed by atoms with Crippen LogP contribution in [0.1, 0.15) is 45.3 Å². The third kappa shape index (κ3) is 6.18. The lowest BCUT2D eigenvalue weighted by atomic mass is 10.4. The van der Waals surface area contributed by atoms with Crippen LogP contribution in [0.25, 0.3) is 6.08 Å². The highest BCUT2D eigenvalue weighted by Gasteiger charge is 2.02. The van der Waals surface area contributed by atoms with Gasteiger partial charge in [-0.25, -0.2) is 4.98 Å². The van der Waals surface area contributed by atoms with Crippen LogP contribution in [0.3, 0.4) is 0 Å². The summed E-state index contributed by atoms with van der Waals surface area (Å²) >= 11 is 1.56. The molecule has 0 aliphatic heterocycles. The first-order chi connectivity index (χ1) is 7.27. The van der Waals surface area contributed by atoms with Gasteiger partial charge in [-0.3, -0.25) is 4.99 Å². The number of hydrogen-bond acceptors (Lipinski definition) is 3. The maximum absolute atomic E-state index is 4.27. The molecule has 1 aromatic rings. The molecule has 0 bridgehead atoms. The van der Waals surface area contributed by atoms with Crippen LogP contribution in [0.4, 0.5) is 5.00 Å². The first-order valence-electron chi connectivity index (χ1n) is 5.34. The number of aliphatic imine (C=N–C) groups is 1. The maximum atomic E-state index is 4.27. The Kier molecular flexibility index (Phi) is 12.2. The lowest BCUT2D eigenvalue weighted by Gasteiger charge is -1.84. The monoisotopic (exact) mass is 226 g/mol. The van der Waals surface area contributed by atoms with Gasteiger partial charge < -0.3 is 0 Å². The molecule has 86 valence electrons. The van der Waals surface area contributed by atoms with Crippen molar-refractivity contribution in [3.8, 4) is 0 Å². The summed E-state index contributed by atoms with van der Waals surface area (Å²) in [7, 11) is 0. The molecule has 1 aromatic heterocycles. The fraction of sp³-hybridized carbons (Fsp3) is 0.500. The molecule has 0 radical (unpaired) electrons. The van der Waals surface area contributed by atoms with E-state index in [0.717, 1.165) is 15.7 Å². The molecule has 0 saturated heterocycles. The molecule has 0 aromatic carbocycles. The summed E-state index contributed by atoms with van der Waals surface area (Å²) < 4.78 is 0. The largest absolute Gasteiger partial charge is 0.251 e. The van der Waals surface area contributed by atoms with Crippen LogP contribution >= 0.6 is 11.3 Å². The van der Waals surface area contributed by atoms with Crippen molar-refractivity contribution in [1.29, 1.82) is 0 Å². The molecule has 0 aliphatic carbocycles. The molecule has 0 N–H and O–H groups in total. The van der Waals surface area contributed by atoms with E-state index in [1.807, 2.05) is 53.7 Å². The molecule has 2 nitrogen and oxygen atoms in total. The van der Waals surface area contributed by atoms with Crippen molar-refractivity contribution >= 4 is 29.1 Å². The summed E-state index contributed by atoms with van der Waals surface area (Å²) in [6.07, 6.45) is 3.89. The highest BCUT2D eigenvalue weighted by molar-refractivity contribution is 7.15. The molecule has 0 aliphatic rings. The predicted molar refractivity (Wildman–Crippen MR) is 73.5 cm³/mol. The number of nitrogens with zero attached hydrogens (tertiary/aromatic N) is 2. The van der Waals surface area contributed by atoms with Crippen LogP contribution in [0.15, 0.2) is 11.1 Å². The van der Waals surface area contributed by atoms with Gasteiger partial charge in [0.25, 0.3) is 0 Å². The van der Waals surface area contributed by atoms with Gasteiger partial charge in [-0.15, -0.1) is 0 Å². The zero-order valence-corrected chi connectivity index (χ0v) is 11.5. The highest BCUT2D eigenvalue weighted by Crippen LogP contribution is 2.27. The van der Waals surface area contributed by atoms with Crippen LogP contribution in [0.5, 0.6) is 0 Å². The number of aryl methyl sites for hydroxylation is 1. The molecule has 0 spiro atoms. The average Bonchev–Trinajstić information content (AvgIpc) is 2.65. The first kappa shape index (κ1) is 16.5. The van der Waals surface area contributed by atoms with E-state index < -0.39 is 0 Å². The van der Waals surface area contributed by atoms with Gasteiger partial charge in [0.2, 0.25) is 0 Å². The molecule has 0 amide bonds. The molecule has 0 atom stereocenters. The zero-order chi connectivity index (χ0) is 12.3. The molecular weight excluding hydrogens is 204 g/mol. The summed E-state index contributed by atoms with van der Waals surface area (Å²) in [5.41, 5.74) is 0.921. The standard InChI is InChI=1S/C8H10N2S.2C2H6/c1-4-5-7-8(9-3)11-6(2)10-7;2*1-2/h4-5H,3H2,1-2H3;2*1-2H3/b5-4-;;. The van der Waals surface area contributed by atoms with Crippen molar-refractivity contribution in [3.63, 3.8) is 0 Å². The predicted octanol–water partition coefficient (Wildman–Crippen LogP) is 4.87. The molecule has 0 saturated carbocycles. The van der Waals surface area contributed by atoms with Crippen LogP contribution in [-0.2, 0) is 0 Å². The SMILES string of the molecule is C=Nc1sc(C)nc1/C=C\C.CC.CC. The Labute approximate surface area is 97.8 Å². The highest BCUT2D eigenvalue weighted by atomic mass is 32.1. The normalized spacial score (nSPS) is 8.67. The molecule has 0 fully saturated rings. The van der Waals surface area contributed by atoms with Gasteiger partial charge in [-0.1, -0.05) is 45.1 Å². The Morgan fingerprint density at radius 3 is 2.20 bits per heavy atom. The van der Waals surface area contributed by atoms with Crippen molar-refractivity contribution in [2.24, 2.45) is 4.99 Å². The van der Waals surface area contributed by atoms with E-state index in [-0.39, 0.29) is 0 Å². The van der Waals surface area contributed by atoms with Gasteiger partial charge >= 0.3 is 0 Å². The van der Waals surface area contributed by atoms with Crippen LogP contribution in [0.2, 0.25) is 0 Å². The minimum Gasteiger partial charge on any atom is -0.251 e. The maximum Gasteiger partial charge on any atom is 0.142 e. The van der Waals surface area contributed by atoms with Gasteiger partial charge in [-0.05, 0) is 26.6 Å². The third-order valence-corrected chi connectivity index (χ3v) is 2.13. The second-order valence-corrected chi connectivity index (χ2v) is 3.26. The van der Waals surface area contributed by atoms with Gasteiger partial charge in [0.1, 0.15) is 5.00 Å². The molecular formula is C12H22N2S. The van der Waals surface area contributed by atoms with E-state index in [0.29, 0.717) is 0 Å². The van der Waals surface area contributed by atoms with E-state index in [9.17, 15) is 0 Å². The Bertz CT molecular complexity index is 288. The van der Waals surface area contributed by atoms with E-state index in [2.05, 4.69) is 16.7 Å². The minimum absolute atomic E-state index is 0.903. The van der Waals surface area contributed by atoms with Crippen molar-refractivity contribution < 1.29 is 0 Å². The van der Waals surface area contributed by atoms with E-state index in [1.165, 1.54) is 0 Å². The Hall–Kier alpha value is -0.960. The first-order valence-corrected chi connectivity index (χ1v) is 6.16. The van der Waals surface area contributed by atoms with Gasteiger partial charge in [0.15, 0.2) is 0 Å². The number of allylic oxidation sites excluding steroid dienone is 1. The fourth-order valence-electron chi connectivity index (χ4n) is 0.812. The van der Waals surface area contributed by atoms with E-state index >= 15 is 0 Å². The molecule has 1 rings (SSSR count). The lowest BCUT2D eigenvalue weighted by Crippen LogP contribution is -1.71. The third-order valence-electron chi connectivity index (χ3n) is 1.21. The van der Waals surface area contributed by atoms with Crippen molar-refractivity contribution in [2.75, 3.05) is 0 Å².